The number of hydrogen-bond donors (Lipinski definition) is 1. The van der Waals surface area contributed by atoms with E-state index in [-0.39, 0.29) is 5.78 Å². The Bertz CT molecular complexity index is 734. The number of carbonyl (C=O) groups excluding carboxylic acids is 1. The van der Waals surface area contributed by atoms with E-state index < -0.39 is 12.1 Å². The van der Waals surface area contributed by atoms with Crippen molar-refractivity contribution in [3.8, 4) is 5.75 Å². The van der Waals surface area contributed by atoms with Crippen molar-refractivity contribution in [2.75, 3.05) is 0 Å². The number of allylic oxidation sites excluding steroid dienone is 1. The van der Waals surface area contributed by atoms with Gasteiger partial charge < -0.3 is 9.84 Å². The average molecular weight is 314 g/mol. The maximum absolute atomic E-state index is 12.1. The number of benzene rings is 1. The summed E-state index contributed by atoms with van der Waals surface area (Å²) in [4.78, 5) is 22.8. The zero-order chi connectivity index (χ0) is 16.8. The fourth-order valence-electron chi connectivity index (χ4n) is 1.88. The summed E-state index contributed by atoms with van der Waals surface area (Å²) in [6.07, 6.45) is 5.40. The van der Waals surface area contributed by atoms with E-state index in [1.54, 1.807) is 41.2 Å². The molecule has 1 unspecified atom stereocenters. The van der Waals surface area contributed by atoms with Gasteiger partial charge in [-0.05, 0) is 37.6 Å². The van der Waals surface area contributed by atoms with Crippen LogP contribution in [0.1, 0.15) is 29.8 Å². The Morgan fingerprint density at radius 2 is 2.22 bits per heavy atom. The van der Waals surface area contributed by atoms with Crippen LogP contribution in [0.2, 0.25) is 0 Å². The standard InChI is InChI=1S/C17H18N2O4/c1-3-19-11-14(10-18-19)16(20)8-7-13-5-4-6-15(9-13)23-12(2)17(21)22/h4-12H,3H2,1-2H3,(H,21,22)/b8-7+. The lowest BCUT2D eigenvalue weighted by atomic mass is 10.1. The smallest absolute Gasteiger partial charge is 0.344 e. The van der Waals surface area contributed by atoms with E-state index in [2.05, 4.69) is 5.10 Å². The molecule has 0 amide bonds. The van der Waals surface area contributed by atoms with Crippen LogP contribution in [0.15, 0.2) is 42.7 Å². The van der Waals surface area contributed by atoms with Crippen molar-refractivity contribution in [2.45, 2.75) is 26.5 Å². The molecule has 0 aliphatic rings. The van der Waals surface area contributed by atoms with Gasteiger partial charge in [0.1, 0.15) is 5.75 Å². The summed E-state index contributed by atoms with van der Waals surface area (Å²) in [6.45, 7) is 4.11. The van der Waals surface area contributed by atoms with Gasteiger partial charge in [0.2, 0.25) is 0 Å². The number of rotatable bonds is 7. The predicted octanol–water partition coefficient (Wildman–Crippen LogP) is 2.65. The molecule has 1 N–H and O–H groups in total. The molecule has 0 saturated carbocycles. The molecule has 0 radical (unpaired) electrons. The lowest BCUT2D eigenvalue weighted by molar-refractivity contribution is -0.144. The number of aromatic nitrogens is 2. The summed E-state index contributed by atoms with van der Waals surface area (Å²) < 4.78 is 6.98. The molecule has 0 fully saturated rings. The molecule has 1 atom stereocenters. The molecule has 23 heavy (non-hydrogen) atoms. The van der Waals surface area contributed by atoms with Crippen molar-refractivity contribution in [1.29, 1.82) is 0 Å². The summed E-state index contributed by atoms with van der Waals surface area (Å²) in [5.41, 5.74) is 1.27. The van der Waals surface area contributed by atoms with Gasteiger partial charge in [-0.2, -0.15) is 5.10 Å². The fourth-order valence-corrected chi connectivity index (χ4v) is 1.88. The number of aliphatic carboxylic acids is 1. The van der Waals surface area contributed by atoms with Crippen molar-refractivity contribution < 1.29 is 19.4 Å². The SMILES string of the molecule is CCn1cc(C(=O)/C=C/c2cccc(OC(C)C(=O)O)c2)cn1. The summed E-state index contributed by atoms with van der Waals surface area (Å²) >= 11 is 0. The quantitative estimate of drug-likeness (QED) is 0.627. The highest BCUT2D eigenvalue weighted by molar-refractivity contribution is 6.06. The number of carboxylic acids is 1. The molecular formula is C17H18N2O4. The van der Waals surface area contributed by atoms with Gasteiger partial charge in [0.05, 0.1) is 11.8 Å². The average Bonchev–Trinajstić information content (AvgIpc) is 3.02. The van der Waals surface area contributed by atoms with Crippen LogP contribution in [-0.2, 0) is 11.3 Å². The molecule has 6 heteroatoms. The third-order valence-electron chi connectivity index (χ3n) is 3.19. The highest BCUT2D eigenvalue weighted by Gasteiger charge is 2.12. The summed E-state index contributed by atoms with van der Waals surface area (Å²) in [6, 6.07) is 6.89. The Labute approximate surface area is 134 Å². The van der Waals surface area contributed by atoms with Gasteiger partial charge in [0.15, 0.2) is 11.9 Å². The lowest BCUT2D eigenvalue weighted by Gasteiger charge is -2.10. The van der Waals surface area contributed by atoms with Crippen LogP contribution in [0.4, 0.5) is 0 Å². The van der Waals surface area contributed by atoms with Gasteiger partial charge in [-0.25, -0.2) is 4.79 Å². The first kappa shape index (κ1) is 16.5. The van der Waals surface area contributed by atoms with E-state index in [1.807, 2.05) is 6.92 Å². The van der Waals surface area contributed by atoms with Crippen LogP contribution >= 0.6 is 0 Å². The molecule has 0 saturated heterocycles. The van der Waals surface area contributed by atoms with Crippen molar-refractivity contribution in [3.63, 3.8) is 0 Å². The minimum atomic E-state index is -1.03. The summed E-state index contributed by atoms with van der Waals surface area (Å²) in [5, 5.41) is 12.9. The van der Waals surface area contributed by atoms with E-state index in [0.717, 1.165) is 5.56 Å². The number of carbonyl (C=O) groups is 2. The minimum Gasteiger partial charge on any atom is -0.479 e. The normalized spacial score (nSPS) is 12.3. The molecule has 120 valence electrons. The maximum Gasteiger partial charge on any atom is 0.344 e. The van der Waals surface area contributed by atoms with Crippen molar-refractivity contribution in [2.24, 2.45) is 0 Å². The fraction of sp³-hybridized carbons (Fsp3) is 0.235. The Balaban J connectivity index is 2.07. The van der Waals surface area contributed by atoms with Gasteiger partial charge in [-0.1, -0.05) is 18.2 Å². The molecule has 1 aromatic heterocycles. The Morgan fingerprint density at radius 1 is 1.43 bits per heavy atom. The van der Waals surface area contributed by atoms with Crippen LogP contribution in [0.25, 0.3) is 6.08 Å². The van der Waals surface area contributed by atoms with Gasteiger partial charge >= 0.3 is 5.97 Å². The summed E-state index contributed by atoms with van der Waals surface area (Å²) in [7, 11) is 0. The molecule has 1 aromatic carbocycles. The predicted molar refractivity (Wildman–Crippen MR) is 85.4 cm³/mol. The van der Waals surface area contributed by atoms with Crippen molar-refractivity contribution in [3.05, 3.63) is 53.9 Å². The first-order valence-electron chi connectivity index (χ1n) is 7.24. The van der Waals surface area contributed by atoms with Crippen LogP contribution < -0.4 is 4.74 Å². The number of nitrogens with zero attached hydrogens (tertiary/aromatic N) is 2. The molecule has 0 aliphatic carbocycles. The molecular weight excluding hydrogens is 296 g/mol. The highest BCUT2D eigenvalue weighted by Crippen LogP contribution is 2.16. The van der Waals surface area contributed by atoms with E-state index in [4.69, 9.17) is 9.84 Å². The molecule has 0 aliphatic heterocycles. The third kappa shape index (κ3) is 4.54. The first-order valence-corrected chi connectivity index (χ1v) is 7.24. The Kier molecular flexibility index (Phi) is 5.30. The zero-order valence-corrected chi connectivity index (χ0v) is 13.0. The van der Waals surface area contributed by atoms with Crippen LogP contribution in [0.3, 0.4) is 0 Å². The molecule has 0 spiro atoms. The second-order valence-electron chi connectivity index (χ2n) is 4.95. The van der Waals surface area contributed by atoms with Crippen LogP contribution in [-0.4, -0.2) is 32.7 Å². The van der Waals surface area contributed by atoms with Gasteiger partial charge in [-0.15, -0.1) is 0 Å². The third-order valence-corrected chi connectivity index (χ3v) is 3.19. The Morgan fingerprint density at radius 3 is 2.87 bits per heavy atom. The molecule has 1 heterocycles. The highest BCUT2D eigenvalue weighted by atomic mass is 16.5. The molecule has 6 nitrogen and oxygen atoms in total. The van der Waals surface area contributed by atoms with Gasteiger partial charge in [-0.3, -0.25) is 9.48 Å². The monoisotopic (exact) mass is 314 g/mol. The summed E-state index contributed by atoms with van der Waals surface area (Å²) in [5.74, 6) is -0.739. The second-order valence-corrected chi connectivity index (χ2v) is 4.95. The van der Waals surface area contributed by atoms with E-state index in [0.29, 0.717) is 17.9 Å². The van der Waals surface area contributed by atoms with Crippen LogP contribution in [0.5, 0.6) is 5.75 Å². The van der Waals surface area contributed by atoms with Crippen molar-refractivity contribution >= 4 is 17.8 Å². The van der Waals surface area contributed by atoms with E-state index >= 15 is 0 Å². The topological polar surface area (TPSA) is 81.4 Å². The first-order chi connectivity index (χ1) is 11.0. The van der Waals surface area contributed by atoms with Gasteiger partial charge in [0, 0.05) is 12.7 Å². The zero-order valence-electron chi connectivity index (χ0n) is 13.0. The number of ether oxygens (including phenoxy) is 1. The van der Waals surface area contributed by atoms with Crippen molar-refractivity contribution in [1.82, 2.24) is 9.78 Å². The molecule has 2 rings (SSSR count). The number of ketones is 1. The second kappa shape index (κ2) is 7.40. The van der Waals surface area contributed by atoms with Crippen LogP contribution in [0, 0.1) is 0 Å². The minimum absolute atomic E-state index is 0.144. The Hall–Kier alpha value is -2.89. The number of carboxylic acid groups (broad SMARTS) is 1. The number of aryl methyl sites for hydroxylation is 1. The lowest BCUT2D eigenvalue weighted by Crippen LogP contribution is -2.22. The number of hydrogen-bond acceptors (Lipinski definition) is 4. The largest absolute Gasteiger partial charge is 0.479 e. The maximum atomic E-state index is 12.1. The molecule has 2 aromatic rings. The van der Waals surface area contributed by atoms with E-state index in [9.17, 15) is 9.59 Å². The molecule has 0 bridgehead atoms. The van der Waals surface area contributed by atoms with Gasteiger partial charge in [0.25, 0.3) is 0 Å². The van der Waals surface area contributed by atoms with E-state index in [1.165, 1.54) is 19.2 Å².